The van der Waals surface area contributed by atoms with Gasteiger partial charge >= 0.3 is 6.18 Å². The lowest BCUT2D eigenvalue weighted by Gasteiger charge is -2.11. The van der Waals surface area contributed by atoms with E-state index in [4.69, 9.17) is 0 Å². The van der Waals surface area contributed by atoms with Gasteiger partial charge in [-0.2, -0.15) is 13.2 Å². The molecule has 112 valence electrons. The van der Waals surface area contributed by atoms with E-state index in [-0.39, 0.29) is 0 Å². The van der Waals surface area contributed by atoms with Crippen LogP contribution in [0.15, 0.2) is 42.5 Å². The van der Waals surface area contributed by atoms with Crippen molar-refractivity contribution in [2.24, 2.45) is 0 Å². The normalized spacial score (nSPS) is 13.2. The van der Waals surface area contributed by atoms with Crippen LogP contribution in [0.2, 0.25) is 0 Å². The Labute approximate surface area is 121 Å². The van der Waals surface area contributed by atoms with Gasteiger partial charge in [0.1, 0.15) is 0 Å². The molecule has 1 aromatic heterocycles. The largest absolute Gasteiger partial charge is 0.416 e. The summed E-state index contributed by atoms with van der Waals surface area (Å²) in [4.78, 5) is 4.32. The zero-order valence-corrected chi connectivity index (χ0v) is 11.6. The van der Waals surface area contributed by atoms with E-state index in [9.17, 15) is 18.3 Å². The Morgan fingerprint density at radius 2 is 1.76 bits per heavy atom. The van der Waals surface area contributed by atoms with Crippen LogP contribution in [0.4, 0.5) is 13.2 Å². The topological polar surface area (TPSA) is 33.1 Å². The number of aromatic nitrogens is 1. The van der Waals surface area contributed by atoms with Crippen molar-refractivity contribution in [3.05, 3.63) is 53.7 Å². The number of aliphatic hydroxyl groups excluding tert-OH is 1. The maximum absolute atomic E-state index is 12.5. The van der Waals surface area contributed by atoms with Gasteiger partial charge < -0.3 is 5.11 Å². The fourth-order valence-corrected chi connectivity index (χ4v) is 2.05. The van der Waals surface area contributed by atoms with Gasteiger partial charge in [-0.3, -0.25) is 4.98 Å². The third-order valence-corrected chi connectivity index (χ3v) is 3.18. The van der Waals surface area contributed by atoms with Crippen molar-refractivity contribution in [3.8, 4) is 11.3 Å². The van der Waals surface area contributed by atoms with Gasteiger partial charge in [-0.05, 0) is 30.7 Å². The molecule has 21 heavy (non-hydrogen) atoms. The zero-order chi connectivity index (χ0) is 15.5. The van der Waals surface area contributed by atoms with Crippen molar-refractivity contribution < 1.29 is 18.3 Å². The highest BCUT2D eigenvalue weighted by atomic mass is 19.4. The number of alkyl halides is 3. The third-order valence-electron chi connectivity index (χ3n) is 3.18. The Morgan fingerprint density at radius 3 is 2.33 bits per heavy atom. The number of rotatable bonds is 4. The highest BCUT2D eigenvalue weighted by Crippen LogP contribution is 2.30. The fourth-order valence-electron chi connectivity index (χ4n) is 2.05. The summed E-state index contributed by atoms with van der Waals surface area (Å²) < 4.78 is 37.6. The summed E-state index contributed by atoms with van der Waals surface area (Å²) in [5, 5.41) is 9.93. The lowest BCUT2D eigenvalue weighted by atomic mass is 10.1. The van der Waals surface area contributed by atoms with Crippen LogP contribution in [-0.4, -0.2) is 10.1 Å². The van der Waals surface area contributed by atoms with E-state index in [0.717, 1.165) is 18.6 Å². The second-order valence-electron chi connectivity index (χ2n) is 4.83. The lowest BCUT2D eigenvalue weighted by molar-refractivity contribution is -0.137. The van der Waals surface area contributed by atoms with Crippen molar-refractivity contribution >= 4 is 0 Å². The van der Waals surface area contributed by atoms with E-state index in [0.29, 0.717) is 23.4 Å². The summed E-state index contributed by atoms with van der Waals surface area (Å²) in [5.41, 5.74) is 0.993. The van der Waals surface area contributed by atoms with Gasteiger partial charge in [0.05, 0.1) is 23.1 Å². The molecule has 1 heterocycles. The van der Waals surface area contributed by atoms with E-state index < -0.39 is 17.8 Å². The van der Waals surface area contributed by atoms with Gasteiger partial charge in [0, 0.05) is 5.56 Å². The number of pyridine rings is 1. The van der Waals surface area contributed by atoms with Crippen LogP contribution in [0.3, 0.4) is 0 Å². The molecule has 1 N–H and O–H groups in total. The standard InChI is InChI=1S/C16H16F3NO/c1-2-4-15(21)14-6-3-5-13(20-14)11-7-9-12(10-8-11)16(17,18)19/h3,5-10,15,21H,2,4H2,1H3. The van der Waals surface area contributed by atoms with E-state index in [1.807, 2.05) is 6.92 Å². The van der Waals surface area contributed by atoms with Crippen LogP contribution < -0.4 is 0 Å². The average molecular weight is 295 g/mol. The minimum atomic E-state index is -4.34. The molecule has 0 fully saturated rings. The Bertz CT molecular complexity index is 593. The van der Waals surface area contributed by atoms with Gasteiger partial charge in [0.15, 0.2) is 0 Å². The third kappa shape index (κ3) is 3.82. The van der Waals surface area contributed by atoms with Gasteiger partial charge in [0.25, 0.3) is 0 Å². The average Bonchev–Trinajstić information content (AvgIpc) is 2.47. The number of benzene rings is 1. The van der Waals surface area contributed by atoms with Gasteiger partial charge in [-0.1, -0.05) is 31.5 Å². The predicted molar refractivity (Wildman–Crippen MR) is 74.5 cm³/mol. The molecule has 0 saturated carbocycles. The van der Waals surface area contributed by atoms with E-state index >= 15 is 0 Å². The second-order valence-corrected chi connectivity index (χ2v) is 4.83. The Hall–Kier alpha value is -1.88. The molecule has 0 saturated heterocycles. The van der Waals surface area contributed by atoms with Crippen molar-refractivity contribution in [2.75, 3.05) is 0 Å². The first-order valence-corrected chi connectivity index (χ1v) is 6.74. The first kappa shape index (κ1) is 15.5. The molecule has 1 unspecified atom stereocenters. The Kier molecular flexibility index (Phi) is 4.63. The molecule has 2 aromatic rings. The summed E-state index contributed by atoms with van der Waals surface area (Å²) >= 11 is 0. The molecule has 0 radical (unpaired) electrons. The Balaban J connectivity index is 2.28. The summed E-state index contributed by atoms with van der Waals surface area (Å²) in [6, 6.07) is 10.0. The minimum Gasteiger partial charge on any atom is -0.387 e. The molecule has 2 nitrogen and oxygen atoms in total. The molecule has 1 aromatic carbocycles. The molecule has 0 aliphatic heterocycles. The van der Waals surface area contributed by atoms with Crippen LogP contribution in [0, 0.1) is 0 Å². The van der Waals surface area contributed by atoms with Crippen LogP contribution in [0.5, 0.6) is 0 Å². The molecule has 0 aliphatic rings. The second kappa shape index (κ2) is 6.26. The quantitative estimate of drug-likeness (QED) is 0.894. The van der Waals surface area contributed by atoms with Crippen LogP contribution in [-0.2, 0) is 6.18 Å². The van der Waals surface area contributed by atoms with Crippen molar-refractivity contribution in [1.29, 1.82) is 0 Å². The molecular formula is C16H16F3NO. The maximum Gasteiger partial charge on any atom is 0.416 e. The van der Waals surface area contributed by atoms with E-state index in [1.165, 1.54) is 12.1 Å². The van der Waals surface area contributed by atoms with Crippen LogP contribution in [0.1, 0.15) is 37.1 Å². The molecule has 0 bridgehead atoms. The molecule has 0 aliphatic carbocycles. The summed E-state index contributed by atoms with van der Waals surface area (Å²) in [6.45, 7) is 1.96. The number of hydrogen-bond donors (Lipinski definition) is 1. The molecule has 0 amide bonds. The van der Waals surface area contributed by atoms with E-state index in [2.05, 4.69) is 4.98 Å². The highest BCUT2D eigenvalue weighted by molar-refractivity contribution is 5.59. The first-order valence-electron chi connectivity index (χ1n) is 6.74. The number of nitrogens with zero attached hydrogens (tertiary/aromatic N) is 1. The predicted octanol–water partition coefficient (Wildman–Crippen LogP) is 4.60. The zero-order valence-electron chi connectivity index (χ0n) is 11.6. The van der Waals surface area contributed by atoms with Crippen molar-refractivity contribution in [2.45, 2.75) is 32.0 Å². The summed E-state index contributed by atoms with van der Waals surface area (Å²) in [6.07, 6.45) is -3.56. The molecule has 5 heteroatoms. The van der Waals surface area contributed by atoms with Gasteiger partial charge in [-0.25, -0.2) is 0 Å². The Morgan fingerprint density at radius 1 is 1.10 bits per heavy atom. The van der Waals surface area contributed by atoms with Crippen molar-refractivity contribution in [3.63, 3.8) is 0 Å². The summed E-state index contributed by atoms with van der Waals surface area (Å²) in [5.74, 6) is 0. The molecule has 2 rings (SSSR count). The smallest absolute Gasteiger partial charge is 0.387 e. The first-order chi connectivity index (χ1) is 9.91. The maximum atomic E-state index is 12.5. The van der Waals surface area contributed by atoms with Gasteiger partial charge in [0.2, 0.25) is 0 Å². The van der Waals surface area contributed by atoms with Crippen LogP contribution >= 0.6 is 0 Å². The monoisotopic (exact) mass is 295 g/mol. The molecule has 0 spiro atoms. The molecule has 1 atom stereocenters. The minimum absolute atomic E-state index is 0.536. The number of hydrogen-bond acceptors (Lipinski definition) is 2. The van der Waals surface area contributed by atoms with Gasteiger partial charge in [-0.15, -0.1) is 0 Å². The molecular weight excluding hydrogens is 279 g/mol. The highest BCUT2D eigenvalue weighted by Gasteiger charge is 2.30. The van der Waals surface area contributed by atoms with Crippen LogP contribution in [0.25, 0.3) is 11.3 Å². The fraction of sp³-hybridized carbons (Fsp3) is 0.312. The number of halogens is 3. The van der Waals surface area contributed by atoms with Crippen molar-refractivity contribution in [1.82, 2.24) is 4.98 Å². The number of aliphatic hydroxyl groups is 1. The summed E-state index contributed by atoms with van der Waals surface area (Å²) in [7, 11) is 0. The van der Waals surface area contributed by atoms with E-state index in [1.54, 1.807) is 18.2 Å². The lowest BCUT2D eigenvalue weighted by Crippen LogP contribution is -2.04. The SMILES string of the molecule is CCCC(O)c1cccc(-c2ccc(C(F)(F)F)cc2)n1.